The summed E-state index contributed by atoms with van der Waals surface area (Å²) in [6.07, 6.45) is 5.85. The van der Waals surface area contributed by atoms with Gasteiger partial charge >= 0.3 is 5.97 Å². The number of nitrogens with zero attached hydrogens (tertiary/aromatic N) is 1. The zero-order chi connectivity index (χ0) is 12.4. The van der Waals surface area contributed by atoms with E-state index in [-0.39, 0.29) is 11.8 Å². The molecule has 0 bridgehead atoms. The summed E-state index contributed by atoms with van der Waals surface area (Å²) in [4.78, 5) is 27.5. The van der Waals surface area contributed by atoms with Crippen LogP contribution in [0.3, 0.4) is 0 Å². The first-order valence-corrected chi connectivity index (χ1v) is 5.51. The number of rotatable bonds is 2. The molecule has 0 aromatic rings. The molecule has 1 aliphatic heterocycles. The third-order valence-electron chi connectivity index (χ3n) is 2.95. The standard InChI is InChI=1S/C12H14N2O3/c1-3-7-4-8-10(13-6-14-11(8)15)9(5-7)12(16)17-2/h4-7,10H,3H2,1-2H3,(H,13,14,15). The summed E-state index contributed by atoms with van der Waals surface area (Å²) in [5.41, 5.74) is 0.977. The first-order valence-electron chi connectivity index (χ1n) is 5.51. The van der Waals surface area contributed by atoms with Crippen molar-refractivity contribution in [3.05, 3.63) is 23.3 Å². The summed E-state index contributed by atoms with van der Waals surface area (Å²) < 4.78 is 4.73. The molecule has 2 unspecified atom stereocenters. The summed E-state index contributed by atoms with van der Waals surface area (Å²) in [6, 6.07) is -0.515. The van der Waals surface area contributed by atoms with Crippen LogP contribution in [0.2, 0.25) is 0 Å². The molecule has 0 fully saturated rings. The van der Waals surface area contributed by atoms with E-state index < -0.39 is 12.0 Å². The van der Waals surface area contributed by atoms with Crippen molar-refractivity contribution in [2.75, 3.05) is 7.11 Å². The summed E-state index contributed by atoms with van der Waals surface area (Å²) in [5.74, 6) is -0.543. The fourth-order valence-electron chi connectivity index (χ4n) is 2.01. The quantitative estimate of drug-likeness (QED) is 0.710. The number of esters is 1. The molecular weight excluding hydrogens is 220 g/mol. The lowest BCUT2D eigenvalue weighted by Crippen LogP contribution is -2.38. The first kappa shape index (κ1) is 11.6. The van der Waals surface area contributed by atoms with E-state index in [1.54, 1.807) is 0 Å². The van der Waals surface area contributed by atoms with Gasteiger partial charge in [0.1, 0.15) is 6.04 Å². The SMILES string of the molecule is CCC1C=C2C(=O)NC=NC2C(C(=O)OC)=C1. The molecule has 0 spiro atoms. The molecule has 2 aliphatic rings. The van der Waals surface area contributed by atoms with Gasteiger partial charge in [-0.1, -0.05) is 19.1 Å². The van der Waals surface area contributed by atoms with Gasteiger partial charge in [0.05, 0.1) is 19.0 Å². The van der Waals surface area contributed by atoms with Crippen molar-refractivity contribution in [1.82, 2.24) is 5.32 Å². The molecule has 5 nitrogen and oxygen atoms in total. The first-order chi connectivity index (χ1) is 8.17. The number of hydrogen-bond acceptors (Lipinski definition) is 4. The Morgan fingerprint density at radius 1 is 1.53 bits per heavy atom. The molecule has 0 saturated carbocycles. The highest BCUT2D eigenvalue weighted by atomic mass is 16.5. The van der Waals surface area contributed by atoms with Crippen molar-refractivity contribution in [1.29, 1.82) is 0 Å². The highest BCUT2D eigenvalue weighted by molar-refractivity contribution is 6.06. The smallest absolute Gasteiger partial charge is 0.335 e. The van der Waals surface area contributed by atoms with Crippen molar-refractivity contribution in [2.24, 2.45) is 10.9 Å². The number of nitrogens with one attached hydrogen (secondary N) is 1. The largest absolute Gasteiger partial charge is 0.466 e. The van der Waals surface area contributed by atoms with E-state index in [1.807, 2.05) is 19.1 Å². The predicted molar refractivity (Wildman–Crippen MR) is 62.4 cm³/mol. The molecule has 1 aliphatic carbocycles. The van der Waals surface area contributed by atoms with Crippen LogP contribution in [-0.4, -0.2) is 31.4 Å². The molecule has 0 saturated heterocycles. The molecule has 0 aromatic heterocycles. The Morgan fingerprint density at radius 2 is 2.29 bits per heavy atom. The van der Waals surface area contributed by atoms with Gasteiger partial charge < -0.3 is 10.1 Å². The Balaban J connectivity index is 2.41. The lowest BCUT2D eigenvalue weighted by Gasteiger charge is -2.26. The molecule has 0 aromatic carbocycles. The zero-order valence-electron chi connectivity index (χ0n) is 9.77. The number of carbonyl (C=O) groups excluding carboxylic acids is 2. The van der Waals surface area contributed by atoms with Crippen LogP contribution >= 0.6 is 0 Å². The summed E-state index contributed by atoms with van der Waals surface area (Å²) >= 11 is 0. The van der Waals surface area contributed by atoms with Crippen molar-refractivity contribution in [3.8, 4) is 0 Å². The number of carbonyl (C=O) groups is 2. The highest BCUT2D eigenvalue weighted by Gasteiger charge is 2.34. The van der Waals surface area contributed by atoms with Crippen LogP contribution in [0.4, 0.5) is 0 Å². The van der Waals surface area contributed by atoms with Crippen LogP contribution in [0, 0.1) is 5.92 Å². The van der Waals surface area contributed by atoms with Gasteiger partial charge in [0.15, 0.2) is 0 Å². The lowest BCUT2D eigenvalue weighted by molar-refractivity contribution is -0.136. The average Bonchev–Trinajstić information content (AvgIpc) is 2.37. The second-order valence-electron chi connectivity index (χ2n) is 3.96. The van der Waals surface area contributed by atoms with Crippen LogP contribution in [-0.2, 0) is 14.3 Å². The maximum Gasteiger partial charge on any atom is 0.335 e. The molecule has 2 rings (SSSR count). The second-order valence-corrected chi connectivity index (χ2v) is 3.96. The number of methoxy groups -OCH3 is 1. The summed E-state index contributed by atoms with van der Waals surface area (Å²) in [6.45, 7) is 2.00. The Kier molecular flexibility index (Phi) is 3.08. The van der Waals surface area contributed by atoms with Gasteiger partial charge in [0.2, 0.25) is 0 Å². The fourth-order valence-corrected chi connectivity index (χ4v) is 2.01. The molecule has 90 valence electrons. The molecule has 0 radical (unpaired) electrons. The molecule has 5 heteroatoms. The van der Waals surface area contributed by atoms with E-state index in [4.69, 9.17) is 4.74 Å². The maximum absolute atomic E-state index is 11.7. The van der Waals surface area contributed by atoms with Gasteiger partial charge in [0.25, 0.3) is 5.91 Å². The van der Waals surface area contributed by atoms with Crippen molar-refractivity contribution in [3.63, 3.8) is 0 Å². The monoisotopic (exact) mass is 234 g/mol. The van der Waals surface area contributed by atoms with Gasteiger partial charge in [0, 0.05) is 5.57 Å². The molecule has 2 atom stereocenters. The Bertz CT molecular complexity index is 449. The van der Waals surface area contributed by atoms with E-state index in [9.17, 15) is 9.59 Å². The van der Waals surface area contributed by atoms with Gasteiger partial charge in [-0.15, -0.1) is 0 Å². The van der Waals surface area contributed by atoms with Crippen molar-refractivity contribution < 1.29 is 14.3 Å². The number of hydrogen-bond donors (Lipinski definition) is 1. The number of aliphatic imine (C=N–C) groups is 1. The van der Waals surface area contributed by atoms with Crippen LogP contribution in [0.25, 0.3) is 0 Å². The topological polar surface area (TPSA) is 67.8 Å². The van der Waals surface area contributed by atoms with Crippen LogP contribution < -0.4 is 5.32 Å². The fraction of sp³-hybridized carbons (Fsp3) is 0.417. The normalized spacial score (nSPS) is 26.6. The van der Waals surface area contributed by atoms with Crippen LogP contribution in [0.5, 0.6) is 0 Å². The van der Waals surface area contributed by atoms with Gasteiger partial charge in [-0.25, -0.2) is 4.79 Å². The van der Waals surface area contributed by atoms with E-state index in [2.05, 4.69) is 10.3 Å². The number of amides is 1. The van der Waals surface area contributed by atoms with Gasteiger partial charge in [-0.2, -0.15) is 0 Å². The van der Waals surface area contributed by atoms with Crippen molar-refractivity contribution >= 4 is 18.2 Å². The van der Waals surface area contributed by atoms with E-state index in [0.717, 1.165) is 6.42 Å². The maximum atomic E-state index is 11.7. The Hall–Kier alpha value is -1.91. The molecule has 1 N–H and O–H groups in total. The Labute approximate surface area is 99.2 Å². The Morgan fingerprint density at radius 3 is 2.94 bits per heavy atom. The molecule has 1 amide bonds. The van der Waals surface area contributed by atoms with E-state index >= 15 is 0 Å². The zero-order valence-corrected chi connectivity index (χ0v) is 9.77. The number of allylic oxidation sites excluding steroid dienone is 2. The molecule has 1 heterocycles. The predicted octanol–water partition coefficient (Wildman–Crippen LogP) is 0.579. The summed E-state index contributed by atoms with van der Waals surface area (Å²) in [7, 11) is 1.33. The van der Waals surface area contributed by atoms with Gasteiger partial charge in [-0.3, -0.25) is 9.79 Å². The van der Waals surface area contributed by atoms with E-state index in [1.165, 1.54) is 13.4 Å². The van der Waals surface area contributed by atoms with Gasteiger partial charge in [-0.05, 0) is 12.3 Å². The molecule has 17 heavy (non-hydrogen) atoms. The highest BCUT2D eigenvalue weighted by Crippen LogP contribution is 2.29. The third kappa shape index (κ3) is 2.00. The second kappa shape index (κ2) is 4.53. The number of ether oxygens (including phenoxy) is 1. The van der Waals surface area contributed by atoms with Crippen LogP contribution in [0.15, 0.2) is 28.3 Å². The minimum absolute atomic E-state index is 0.0781. The average molecular weight is 234 g/mol. The lowest BCUT2D eigenvalue weighted by atomic mass is 9.85. The van der Waals surface area contributed by atoms with Crippen molar-refractivity contribution in [2.45, 2.75) is 19.4 Å². The molecular formula is C12H14N2O3. The minimum Gasteiger partial charge on any atom is -0.466 e. The minimum atomic E-state index is -0.515. The summed E-state index contributed by atoms with van der Waals surface area (Å²) in [5, 5.41) is 2.53. The third-order valence-corrected chi connectivity index (χ3v) is 2.95. The van der Waals surface area contributed by atoms with E-state index in [0.29, 0.717) is 11.1 Å². The van der Waals surface area contributed by atoms with Crippen LogP contribution in [0.1, 0.15) is 13.3 Å². The number of fused-ring (bicyclic) bond motifs is 1.